The van der Waals surface area contributed by atoms with Gasteiger partial charge in [0.05, 0.1) is 5.69 Å². The lowest BCUT2D eigenvalue weighted by Gasteiger charge is -2.09. The van der Waals surface area contributed by atoms with E-state index in [1.165, 1.54) is 13.2 Å². The first kappa shape index (κ1) is 14.1. The van der Waals surface area contributed by atoms with E-state index in [4.69, 9.17) is 10.5 Å². The van der Waals surface area contributed by atoms with Crippen molar-refractivity contribution in [3.05, 3.63) is 41.5 Å². The topological polar surface area (TPSA) is 73.1 Å². The molecule has 0 aliphatic rings. The minimum atomic E-state index is -1.30. The number of hydrogen-bond donors (Lipinski definition) is 2. The fraction of sp³-hybridized carbons (Fsp3) is 0.167. The predicted octanol–water partition coefficient (Wildman–Crippen LogP) is 2.37. The highest BCUT2D eigenvalue weighted by atomic mass is 19.2. The molecule has 0 amide bonds. The average molecular weight is 284 g/mol. The predicted molar refractivity (Wildman–Crippen MR) is 66.8 cm³/mol. The Labute approximate surface area is 112 Å². The molecule has 0 bridgehead atoms. The van der Waals surface area contributed by atoms with E-state index in [2.05, 4.69) is 15.3 Å². The van der Waals surface area contributed by atoms with Gasteiger partial charge in [-0.1, -0.05) is 0 Å². The monoisotopic (exact) mass is 284 g/mol. The summed E-state index contributed by atoms with van der Waals surface area (Å²) in [5.74, 6) is -2.94. The number of aromatic nitrogens is 2. The lowest BCUT2D eigenvalue weighted by Crippen LogP contribution is -2.06. The maximum Gasteiger partial charge on any atom is 0.182 e. The summed E-state index contributed by atoms with van der Waals surface area (Å²) in [5, 5.41) is 2.45. The lowest BCUT2D eigenvalue weighted by atomic mass is 10.2. The third kappa shape index (κ3) is 3.15. The van der Waals surface area contributed by atoms with Crippen LogP contribution in [0.15, 0.2) is 18.2 Å². The zero-order valence-electron chi connectivity index (χ0n) is 10.5. The molecule has 0 saturated carbocycles. The van der Waals surface area contributed by atoms with Gasteiger partial charge in [0.1, 0.15) is 24.1 Å². The number of rotatable bonds is 4. The molecule has 0 atom stereocenters. The average Bonchev–Trinajstić information content (AvgIpc) is 2.35. The molecule has 1 aromatic heterocycles. The molecule has 2 rings (SSSR count). The number of methoxy groups -OCH3 is 1. The molecule has 0 fully saturated rings. The number of halogens is 3. The molecule has 0 aliphatic heterocycles. The number of anilines is 3. The van der Waals surface area contributed by atoms with Crippen LogP contribution in [0.1, 0.15) is 5.82 Å². The van der Waals surface area contributed by atoms with Crippen molar-refractivity contribution in [3.8, 4) is 0 Å². The molecule has 0 unspecified atom stereocenters. The van der Waals surface area contributed by atoms with E-state index in [1.54, 1.807) is 0 Å². The Morgan fingerprint density at radius 2 is 1.95 bits per heavy atom. The molecule has 0 radical (unpaired) electrons. The van der Waals surface area contributed by atoms with E-state index < -0.39 is 17.5 Å². The van der Waals surface area contributed by atoms with E-state index in [0.717, 1.165) is 6.07 Å². The van der Waals surface area contributed by atoms with E-state index in [1.807, 2.05) is 0 Å². The van der Waals surface area contributed by atoms with Crippen LogP contribution < -0.4 is 11.1 Å². The lowest BCUT2D eigenvalue weighted by molar-refractivity contribution is 0.178. The van der Waals surface area contributed by atoms with Crippen LogP contribution in [0.5, 0.6) is 0 Å². The van der Waals surface area contributed by atoms with Crippen molar-refractivity contribution in [3.63, 3.8) is 0 Å². The van der Waals surface area contributed by atoms with Crippen molar-refractivity contribution in [2.24, 2.45) is 0 Å². The Morgan fingerprint density at radius 1 is 1.20 bits per heavy atom. The van der Waals surface area contributed by atoms with Gasteiger partial charge in [0.2, 0.25) is 0 Å². The molecular weight excluding hydrogens is 273 g/mol. The molecular formula is C12H11F3N4O. The van der Waals surface area contributed by atoms with E-state index in [9.17, 15) is 13.2 Å². The summed E-state index contributed by atoms with van der Waals surface area (Å²) in [7, 11) is 1.45. The molecule has 0 aliphatic carbocycles. The largest absolute Gasteiger partial charge is 0.384 e. The molecule has 106 valence electrons. The first-order valence-electron chi connectivity index (χ1n) is 5.53. The minimum Gasteiger partial charge on any atom is -0.384 e. The summed E-state index contributed by atoms with van der Waals surface area (Å²) in [6.45, 7) is 0.0969. The van der Waals surface area contributed by atoms with Crippen LogP contribution in [0.4, 0.5) is 30.5 Å². The standard InChI is InChI=1S/C12H11F3N4O/c1-20-5-11-18-9(16)4-10(19-11)17-8-3-6(13)2-7(14)12(8)15/h2-4H,5H2,1H3,(H3,16,17,18,19). The maximum absolute atomic E-state index is 13.5. The number of benzene rings is 1. The molecule has 1 aromatic carbocycles. The van der Waals surface area contributed by atoms with Crippen LogP contribution in [0.25, 0.3) is 0 Å². The SMILES string of the molecule is COCc1nc(N)cc(Nc2cc(F)cc(F)c2F)n1. The molecule has 0 saturated heterocycles. The van der Waals surface area contributed by atoms with Gasteiger partial charge in [-0.2, -0.15) is 0 Å². The van der Waals surface area contributed by atoms with Crippen LogP contribution in [0.3, 0.4) is 0 Å². The summed E-state index contributed by atoms with van der Waals surface area (Å²) < 4.78 is 44.5. The van der Waals surface area contributed by atoms with Gasteiger partial charge in [0.15, 0.2) is 17.5 Å². The first-order chi connectivity index (χ1) is 9.49. The van der Waals surface area contributed by atoms with Gasteiger partial charge >= 0.3 is 0 Å². The van der Waals surface area contributed by atoms with E-state index >= 15 is 0 Å². The van der Waals surface area contributed by atoms with Gasteiger partial charge in [-0.05, 0) is 0 Å². The molecule has 8 heteroatoms. The smallest absolute Gasteiger partial charge is 0.182 e. The van der Waals surface area contributed by atoms with Gasteiger partial charge in [-0.25, -0.2) is 23.1 Å². The molecule has 20 heavy (non-hydrogen) atoms. The van der Waals surface area contributed by atoms with E-state index in [-0.39, 0.29) is 29.8 Å². The maximum atomic E-state index is 13.5. The molecule has 1 heterocycles. The van der Waals surface area contributed by atoms with Gasteiger partial charge in [-0.3, -0.25) is 0 Å². The highest BCUT2D eigenvalue weighted by molar-refractivity contribution is 5.59. The number of nitrogens with one attached hydrogen (secondary N) is 1. The number of hydrogen-bond acceptors (Lipinski definition) is 5. The molecule has 2 aromatic rings. The summed E-state index contributed by atoms with van der Waals surface area (Å²) >= 11 is 0. The van der Waals surface area contributed by atoms with Crippen molar-refractivity contribution in [1.82, 2.24) is 9.97 Å². The number of ether oxygens (including phenoxy) is 1. The second kappa shape index (κ2) is 5.74. The summed E-state index contributed by atoms with van der Waals surface area (Å²) in [6.07, 6.45) is 0. The van der Waals surface area contributed by atoms with Crippen LogP contribution in [-0.4, -0.2) is 17.1 Å². The second-order valence-electron chi connectivity index (χ2n) is 3.90. The van der Waals surface area contributed by atoms with Crippen LogP contribution in [0, 0.1) is 17.5 Å². The highest BCUT2D eigenvalue weighted by Gasteiger charge is 2.12. The zero-order chi connectivity index (χ0) is 14.7. The fourth-order valence-electron chi connectivity index (χ4n) is 1.56. The number of nitrogens with zero attached hydrogens (tertiary/aromatic N) is 2. The second-order valence-corrected chi connectivity index (χ2v) is 3.90. The van der Waals surface area contributed by atoms with Crippen molar-refractivity contribution < 1.29 is 17.9 Å². The number of nitrogens with two attached hydrogens (primary N) is 1. The Morgan fingerprint density at radius 3 is 2.65 bits per heavy atom. The molecule has 0 spiro atoms. The van der Waals surface area contributed by atoms with Crippen molar-refractivity contribution >= 4 is 17.3 Å². The first-order valence-corrected chi connectivity index (χ1v) is 5.53. The van der Waals surface area contributed by atoms with Crippen LogP contribution in [-0.2, 0) is 11.3 Å². The summed E-state index contributed by atoms with van der Waals surface area (Å²) in [5.41, 5.74) is 5.17. The van der Waals surface area contributed by atoms with E-state index in [0.29, 0.717) is 6.07 Å². The van der Waals surface area contributed by atoms with Crippen molar-refractivity contribution in [2.45, 2.75) is 6.61 Å². The third-order valence-electron chi connectivity index (χ3n) is 2.32. The third-order valence-corrected chi connectivity index (χ3v) is 2.32. The van der Waals surface area contributed by atoms with Crippen molar-refractivity contribution in [1.29, 1.82) is 0 Å². The van der Waals surface area contributed by atoms with Gasteiger partial charge in [0, 0.05) is 25.3 Å². The summed E-state index contributed by atoms with van der Waals surface area (Å²) in [6, 6.07) is 2.57. The highest BCUT2D eigenvalue weighted by Crippen LogP contribution is 2.23. The quantitative estimate of drug-likeness (QED) is 0.843. The molecule has 3 N–H and O–H groups in total. The fourth-order valence-corrected chi connectivity index (χ4v) is 1.56. The normalized spacial score (nSPS) is 10.6. The zero-order valence-corrected chi connectivity index (χ0v) is 10.5. The summed E-state index contributed by atoms with van der Waals surface area (Å²) in [4.78, 5) is 7.86. The Hall–Kier alpha value is -2.35. The Bertz CT molecular complexity index is 636. The Balaban J connectivity index is 2.34. The van der Waals surface area contributed by atoms with Crippen LogP contribution in [0.2, 0.25) is 0 Å². The van der Waals surface area contributed by atoms with Crippen molar-refractivity contribution in [2.75, 3.05) is 18.2 Å². The minimum absolute atomic E-state index is 0.0969. The van der Waals surface area contributed by atoms with Gasteiger partial charge < -0.3 is 15.8 Å². The molecule has 5 nitrogen and oxygen atoms in total. The Kier molecular flexibility index (Phi) is 4.04. The number of nitrogen functional groups attached to an aromatic ring is 1. The van der Waals surface area contributed by atoms with Gasteiger partial charge in [0.25, 0.3) is 0 Å². The van der Waals surface area contributed by atoms with Crippen LogP contribution >= 0.6 is 0 Å². The van der Waals surface area contributed by atoms with Gasteiger partial charge in [-0.15, -0.1) is 0 Å².